The molecule has 1 amide bonds. The van der Waals surface area contributed by atoms with E-state index in [1.54, 1.807) is 29.8 Å². The maximum absolute atomic E-state index is 13.8. The van der Waals surface area contributed by atoms with Crippen molar-refractivity contribution in [3.8, 4) is 11.4 Å². The summed E-state index contributed by atoms with van der Waals surface area (Å²) in [6.45, 7) is 4.95. The lowest BCUT2D eigenvalue weighted by Crippen LogP contribution is -2.39. The molecular formula is C29H39N3O4. The average Bonchev–Trinajstić information content (AvgIpc) is 2.90. The Bertz CT molecular complexity index is 1190. The predicted octanol–water partition coefficient (Wildman–Crippen LogP) is 5.68. The van der Waals surface area contributed by atoms with Gasteiger partial charge in [0.2, 0.25) is 5.91 Å². The number of unbranched alkanes of at least 4 members (excludes halogenated alkanes) is 5. The summed E-state index contributed by atoms with van der Waals surface area (Å²) in [6, 6.07) is 14.2. The van der Waals surface area contributed by atoms with Crippen LogP contribution in [0.4, 0.5) is 0 Å². The van der Waals surface area contributed by atoms with Crippen molar-refractivity contribution in [2.45, 2.75) is 64.8 Å². The normalized spacial score (nSPS) is 12.0. The third-order valence-corrected chi connectivity index (χ3v) is 6.57. The number of fused-ring (bicyclic) bond motifs is 1. The molecule has 0 spiro atoms. The van der Waals surface area contributed by atoms with Crippen LogP contribution in [0.5, 0.6) is 5.75 Å². The van der Waals surface area contributed by atoms with E-state index in [1.807, 2.05) is 49.4 Å². The Balaban J connectivity index is 2.01. The van der Waals surface area contributed by atoms with Crippen molar-refractivity contribution in [2.75, 3.05) is 27.4 Å². The summed E-state index contributed by atoms with van der Waals surface area (Å²) in [5.41, 5.74) is 1.01. The van der Waals surface area contributed by atoms with Crippen molar-refractivity contribution >= 4 is 16.8 Å². The molecule has 3 aromatic rings. The quantitative estimate of drug-likeness (QED) is 0.270. The third kappa shape index (κ3) is 6.52. The van der Waals surface area contributed by atoms with Gasteiger partial charge in [-0.3, -0.25) is 14.2 Å². The Morgan fingerprint density at radius 1 is 1.00 bits per heavy atom. The molecule has 3 rings (SSSR count). The molecule has 0 radical (unpaired) electrons. The van der Waals surface area contributed by atoms with Crippen LogP contribution < -0.4 is 10.3 Å². The molecule has 1 unspecified atom stereocenters. The van der Waals surface area contributed by atoms with E-state index in [2.05, 4.69) is 6.92 Å². The Labute approximate surface area is 214 Å². The highest BCUT2D eigenvalue weighted by Crippen LogP contribution is 2.28. The predicted molar refractivity (Wildman–Crippen MR) is 144 cm³/mol. The smallest absolute Gasteiger partial charge is 0.266 e. The number of carbonyl (C=O) groups excluding carboxylic acids is 1. The fraction of sp³-hybridized carbons (Fsp3) is 0.483. The highest BCUT2D eigenvalue weighted by molar-refractivity contribution is 5.79. The fourth-order valence-corrected chi connectivity index (χ4v) is 4.54. The van der Waals surface area contributed by atoms with Gasteiger partial charge in [0, 0.05) is 20.1 Å². The summed E-state index contributed by atoms with van der Waals surface area (Å²) < 4.78 is 12.5. The number of hydrogen-bond acceptors (Lipinski definition) is 5. The topological polar surface area (TPSA) is 73.7 Å². The van der Waals surface area contributed by atoms with Crippen molar-refractivity contribution in [2.24, 2.45) is 0 Å². The van der Waals surface area contributed by atoms with Gasteiger partial charge in [-0.1, -0.05) is 63.3 Å². The molecule has 36 heavy (non-hydrogen) atoms. The monoisotopic (exact) mass is 493 g/mol. The molecular weight excluding hydrogens is 454 g/mol. The first kappa shape index (κ1) is 27.4. The number of amides is 1. The number of nitrogens with zero attached hydrogens (tertiary/aromatic N) is 3. The van der Waals surface area contributed by atoms with Crippen molar-refractivity contribution in [3.63, 3.8) is 0 Å². The van der Waals surface area contributed by atoms with Gasteiger partial charge in [-0.15, -0.1) is 0 Å². The lowest BCUT2D eigenvalue weighted by Gasteiger charge is -2.30. The molecule has 0 saturated carbocycles. The first-order valence-corrected chi connectivity index (χ1v) is 13.0. The number of para-hydroxylation sites is 3. The summed E-state index contributed by atoms with van der Waals surface area (Å²) in [6.07, 6.45) is 7.15. The van der Waals surface area contributed by atoms with Gasteiger partial charge in [0.15, 0.2) is 0 Å². The second-order valence-electron chi connectivity index (χ2n) is 9.07. The zero-order chi connectivity index (χ0) is 25.9. The van der Waals surface area contributed by atoms with Crippen molar-refractivity contribution in [1.29, 1.82) is 0 Å². The summed E-state index contributed by atoms with van der Waals surface area (Å²) >= 11 is 0. The van der Waals surface area contributed by atoms with Crippen LogP contribution >= 0.6 is 0 Å². The second kappa shape index (κ2) is 13.8. The van der Waals surface area contributed by atoms with Crippen molar-refractivity contribution in [1.82, 2.24) is 14.5 Å². The molecule has 1 heterocycles. The van der Waals surface area contributed by atoms with Crippen LogP contribution in [-0.2, 0) is 9.53 Å². The summed E-state index contributed by atoms with van der Waals surface area (Å²) in [7, 11) is 3.20. The largest absolute Gasteiger partial charge is 0.495 e. The van der Waals surface area contributed by atoms with E-state index >= 15 is 0 Å². The number of hydrogen-bond donors (Lipinski definition) is 0. The molecule has 0 saturated heterocycles. The molecule has 0 aliphatic carbocycles. The minimum absolute atomic E-state index is 0.0454. The third-order valence-electron chi connectivity index (χ3n) is 6.57. The van der Waals surface area contributed by atoms with Crippen LogP contribution in [0.25, 0.3) is 16.6 Å². The highest BCUT2D eigenvalue weighted by atomic mass is 16.5. The Hall–Kier alpha value is -3.19. The molecule has 1 aromatic heterocycles. The van der Waals surface area contributed by atoms with Crippen LogP contribution in [0.15, 0.2) is 53.3 Å². The van der Waals surface area contributed by atoms with E-state index in [4.69, 9.17) is 14.5 Å². The molecule has 0 N–H and O–H groups in total. The second-order valence-corrected chi connectivity index (χ2v) is 9.07. The van der Waals surface area contributed by atoms with Gasteiger partial charge in [0.1, 0.15) is 11.6 Å². The minimum Gasteiger partial charge on any atom is -0.495 e. The maximum atomic E-state index is 13.8. The molecule has 7 nitrogen and oxygen atoms in total. The zero-order valence-electron chi connectivity index (χ0n) is 22.0. The van der Waals surface area contributed by atoms with E-state index in [9.17, 15) is 9.59 Å². The SMILES string of the molecule is CCCCCCCCC(=O)N(CCOC)C(C)c1nc2ccccc2c(=O)n1-c1ccccc1OC. The first-order chi connectivity index (χ1) is 17.5. The molecule has 0 aliphatic heterocycles. The standard InChI is InChI=1S/C29H39N3O4/c1-5-6-7-8-9-10-19-27(33)31(20-21-35-3)22(2)28-30-24-16-12-11-15-23(24)29(34)32(28)25-17-13-14-18-26(25)36-4/h11-18,22H,5-10,19-21H2,1-4H3. The number of rotatable bonds is 14. The van der Waals surface area contributed by atoms with Gasteiger partial charge in [0.25, 0.3) is 5.56 Å². The van der Waals surface area contributed by atoms with E-state index < -0.39 is 6.04 Å². The lowest BCUT2D eigenvalue weighted by atomic mass is 10.1. The van der Waals surface area contributed by atoms with Gasteiger partial charge >= 0.3 is 0 Å². The van der Waals surface area contributed by atoms with Crippen LogP contribution in [0.3, 0.4) is 0 Å². The molecule has 2 aromatic carbocycles. The van der Waals surface area contributed by atoms with Crippen LogP contribution in [0.2, 0.25) is 0 Å². The van der Waals surface area contributed by atoms with Crippen molar-refractivity contribution in [3.05, 3.63) is 64.7 Å². The zero-order valence-corrected chi connectivity index (χ0v) is 22.0. The molecule has 0 fully saturated rings. The van der Waals surface area contributed by atoms with Crippen LogP contribution in [0, 0.1) is 0 Å². The van der Waals surface area contributed by atoms with Gasteiger partial charge in [0.05, 0.1) is 36.3 Å². The van der Waals surface area contributed by atoms with E-state index in [1.165, 1.54) is 19.3 Å². The summed E-state index contributed by atoms with van der Waals surface area (Å²) in [5.74, 6) is 1.10. The number of aromatic nitrogens is 2. The average molecular weight is 494 g/mol. The van der Waals surface area contributed by atoms with Crippen LogP contribution in [-0.4, -0.2) is 47.7 Å². The molecule has 0 bridgehead atoms. The number of benzene rings is 2. The number of ether oxygens (including phenoxy) is 2. The minimum atomic E-state index is -0.449. The Morgan fingerprint density at radius 2 is 1.69 bits per heavy atom. The van der Waals surface area contributed by atoms with E-state index in [0.717, 1.165) is 19.3 Å². The Morgan fingerprint density at radius 3 is 2.44 bits per heavy atom. The Kier molecular flexibility index (Phi) is 10.5. The first-order valence-electron chi connectivity index (χ1n) is 13.0. The van der Waals surface area contributed by atoms with Gasteiger partial charge < -0.3 is 14.4 Å². The number of methoxy groups -OCH3 is 2. The van der Waals surface area contributed by atoms with Crippen LogP contribution in [0.1, 0.15) is 70.7 Å². The molecule has 7 heteroatoms. The summed E-state index contributed by atoms with van der Waals surface area (Å²) in [4.78, 5) is 33.9. The lowest BCUT2D eigenvalue weighted by molar-refractivity contribution is -0.134. The van der Waals surface area contributed by atoms with Gasteiger partial charge in [-0.25, -0.2) is 4.98 Å². The van der Waals surface area contributed by atoms with E-state index in [-0.39, 0.29) is 11.5 Å². The summed E-state index contributed by atoms with van der Waals surface area (Å²) in [5, 5.41) is 0.515. The van der Waals surface area contributed by atoms with Crippen molar-refractivity contribution < 1.29 is 14.3 Å². The number of carbonyl (C=O) groups is 1. The maximum Gasteiger partial charge on any atom is 0.266 e. The molecule has 1 atom stereocenters. The van der Waals surface area contributed by atoms with E-state index in [0.29, 0.717) is 47.7 Å². The van der Waals surface area contributed by atoms with Gasteiger partial charge in [-0.2, -0.15) is 0 Å². The molecule has 194 valence electrons. The fourth-order valence-electron chi connectivity index (χ4n) is 4.54. The highest BCUT2D eigenvalue weighted by Gasteiger charge is 2.27. The molecule has 0 aliphatic rings. The van der Waals surface area contributed by atoms with Gasteiger partial charge in [-0.05, 0) is 37.6 Å².